The fraction of sp³-hybridized carbons (Fsp3) is 0.200. The molecule has 0 saturated carbocycles. The number of nitrogens with one attached hydrogen (secondary N) is 1. The number of hydrogen-bond donors (Lipinski definition) is 1. The van der Waals surface area contributed by atoms with Gasteiger partial charge in [-0.25, -0.2) is 0 Å². The van der Waals surface area contributed by atoms with Crippen LogP contribution in [-0.2, 0) is 0 Å². The molecule has 1 aliphatic heterocycles. The van der Waals surface area contributed by atoms with Gasteiger partial charge >= 0.3 is 0 Å². The van der Waals surface area contributed by atoms with E-state index in [2.05, 4.69) is 21.2 Å². The topological polar surface area (TPSA) is 21.3 Å². The Labute approximate surface area is 136 Å². The van der Waals surface area contributed by atoms with Gasteiger partial charge in [0.1, 0.15) is 5.75 Å². The predicted octanol–water partition coefficient (Wildman–Crippen LogP) is 5.69. The van der Waals surface area contributed by atoms with Gasteiger partial charge in [-0.2, -0.15) is 0 Å². The molecule has 0 saturated heterocycles. The SMILES string of the molecule is Clc1cc(Cl)c2c(c1)C(Nc1ccc(Br)cc1)CCO2. The molecule has 3 rings (SSSR count). The molecule has 5 heteroatoms. The number of ether oxygens (including phenoxy) is 1. The van der Waals surface area contributed by atoms with Gasteiger partial charge in [0.05, 0.1) is 17.7 Å². The second-order valence-corrected chi connectivity index (χ2v) is 6.41. The van der Waals surface area contributed by atoms with E-state index in [-0.39, 0.29) is 6.04 Å². The van der Waals surface area contributed by atoms with Gasteiger partial charge in [0.25, 0.3) is 0 Å². The molecule has 104 valence electrons. The van der Waals surface area contributed by atoms with Crippen LogP contribution in [0.3, 0.4) is 0 Å². The second kappa shape index (κ2) is 5.84. The molecule has 2 aromatic carbocycles. The van der Waals surface area contributed by atoms with Gasteiger partial charge in [0.2, 0.25) is 0 Å². The molecule has 1 atom stereocenters. The van der Waals surface area contributed by atoms with Crippen LogP contribution in [0.15, 0.2) is 40.9 Å². The highest BCUT2D eigenvalue weighted by molar-refractivity contribution is 9.10. The summed E-state index contributed by atoms with van der Waals surface area (Å²) in [7, 11) is 0. The van der Waals surface area contributed by atoms with Crippen LogP contribution in [0.25, 0.3) is 0 Å². The van der Waals surface area contributed by atoms with Crippen molar-refractivity contribution in [1.29, 1.82) is 0 Å². The Hall–Kier alpha value is -0.900. The summed E-state index contributed by atoms with van der Waals surface area (Å²) >= 11 is 15.7. The van der Waals surface area contributed by atoms with Crippen molar-refractivity contribution in [1.82, 2.24) is 0 Å². The first-order chi connectivity index (χ1) is 9.63. The van der Waals surface area contributed by atoms with Gasteiger partial charge in [0.15, 0.2) is 0 Å². The van der Waals surface area contributed by atoms with Crippen molar-refractivity contribution < 1.29 is 4.74 Å². The lowest BCUT2D eigenvalue weighted by atomic mass is 10.00. The molecule has 0 aromatic heterocycles. The molecule has 2 nitrogen and oxygen atoms in total. The minimum atomic E-state index is 0.149. The molecule has 0 fully saturated rings. The molecule has 0 spiro atoms. The van der Waals surface area contributed by atoms with E-state index in [0.717, 1.165) is 27.9 Å². The summed E-state index contributed by atoms with van der Waals surface area (Å²) in [4.78, 5) is 0. The Morgan fingerprint density at radius 3 is 2.65 bits per heavy atom. The van der Waals surface area contributed by atoms with Gasteiger partial charge in [-0.15, -0.1) is 0 Å². The maximum Gasteiger partial charge on any atom is 0.143 e. The summed E-state index contributed by atoms with van der Waals surface area (Å²) in [6, 6.07) is 11.9. The zero-order chi connectivity index (χ0) is 14.1. The van der Waals surface area contributed by atoms with Gasteiger partial charge in [0, 0.05) is 27.2 Å². The number of hydrogen-bond acceptors (Lipinski definition) is 2. The van der Waals surface area contributed by atoms with Crippen molar-refractivity contribution in [2.75, 3.05) is 11.9 Å². The third-order valence-electron chi connectivity index (χ3n) is 3.25. The van der Waals surface area contributed by atoms with Crippen molar-refractivity contribution in [3.63, 3.8) is 0 Å². The van der Waals surface area contributed by atoms with Crippen molar-refractivity contribution in [2.24, 2.45) is 0 Å². The molecule has 1 heterocycles. The Morgan fingerprint density at radius 2 is 1.90 bits per heavy atom. The highest BCUT2D eigenvalue weighted by Crippen LogP contribution is 2.41. The summed E-state index contributed by atoms with van der Waals surface area (Å²) in [6.07, 6.45) is 0.875. The van der Waals surface area contributed by atoms with Crippen LogP contribution in [0.2, 0.25) is 10.0 Å². The molecule has 0 aliphatic carbocycles. The Morgan fingerprint density at radius 1 is 1.15 bits per heavy atom. The highest BCUT2D eigenvalue weighted by Gasteiger charge is 2.24. The van der Waals surface area contributed by atoms with Crippen LogP contribution < -0.4 is 10.1 Å². The first-order valence-corrected chi connectivity index (χ1v) is 7.82. The smallest absolute Gasteiger partial charge is 0.143 e. The van der Waals surface area contributed by atoms with Gasteiger partial charge in [-0.05, 0) is 36.4 Å². The van der Waals surface area contributed by atoms with Crippen molar-refractivity contribution >= 4 is 44.8 Å². The van der Waals surface area contributed by atoms with E-state index in [4.69, 9.17) is 27.9 Å². The summed E-state index contributed by atoms with van der Waals surface area (Å²) < 4.78 is 6.72. The zero-order valence-corrected chi connectivity index (χ0v) is 13.6. The largest absolute Gasteiger partial charge is 0.492 e. The van der Waals surface area contributed by atoms with Crippen LogP contribution >= 0.6 is 39.1 Å². The molecule has 1 aliphatic rings. The average Bonchev–Trinajstić information content (AvgIpc) is 2.42. The summed E-state index contributed by atoms with van der Waals surface area (Å²) in [5, 5.41) is 4.69. The average molecular weight is 373 g/mol. The van der Waals surface area contributed by atoms with E-state index in [1.165, 1.54) is 0 Å². The van der Waals surface area contributed by atoms with Crippen LogP contribution in [0.5, 0.6) is 5.75 Å². The molecule has 2 aromatic rings. The third kappa shape index (κ3) is 2.90. The summed E-state index contributed by atoms with van der Waals surface area (Å²) in [5.74, 6) is 0.733. The molecule has 1 unspecified atom stereocenters. The highest BCUT2D eigenvalue weighted by atomic mass is 79.9. The molecular weight excluding hydrogens is 361 g/mol. The first kappa shape index (κ1) is 14.1. The lowest BCUT2D eigenvalue weighted by Crippen LogP contribution is -2.20. The minimum Gasteiger partial charge on any atom is -0.492 e. The Balaban J connectivity index is 1.91. The Kier molecular flexibility index (Phi) is 4.11. The van der Waals surface area contributed by atoms with Crippen molar-refractivity contribution in [2.45, 2.75) is 12.5 Å². The monoisotopic (exact) mass is 371 g/mol. The molecule has 20 heavy (non-hydrogen) atoms. The maximum absolute atomic E-state index is 6.19. The van der Waals surface area contributed by atoms with Crippen LogP contribution in [0, 0.1) is 0 Å². The molecule has 0 bridgehead atoms. The number of rotatable bonds is 2. The number of benzene rings is 2. The normalized spacial score (nSPS) is 17.2. The maximum atomic E-state index is 6.19. The standard InChI is InChI=1S/C15H12BrCl2NO/c16-9-1-3-11(4-2-9)19-14-5-6-20-15-12(14)7-10(17)8-13(15)18/h1-4,7-8,14,19H,5-6H2. The lowest BCUT2D eigenvalue weighted by Gasteiger charge is -2.28. The fourth-order valence-electron chi connectivity index (χ4n) is 2.32. The molecule has 0 amide bonds. The van der Waals surface area contributed by atoms with E-state index in [0.29, 0.717) is 16.7 Å². The zero-order valence-electron chi connectivity index (χ0n) is 10.5. The van der Waals surface area contributed by atoms with Crippen LogP contribution in [-0.4, -0.2) is 6.61 Å². The van der Waals surface area contributed by atoms with Crippen LogP contribution in [0.1, 0.15) is 18.0 Å². The number of anilines is 1. The van der Waals surface area contributed by atoms with Crippen LogP contribution in [0.4, 0.5) is 5.69 Å². The molecule has 1 N–H and O–H groups in total. The quantitative estimate of drug-likeness (QED) is 0.730. The number of halogens is 3. The van der Waals surface area contributed by atoms with E-state index in [1.54, 1.807) is 6.07 Å². The third-order valence-corrected chi connectivity index (χ3v) is 4.28. The summed E-state index contributed by atoms with van der Waals surface area (Å²) in [6.45, 7) is 0.641. The van der Waals surface area contributed by atoms with E-state index >= 15 is 0 Å². The minimum absolute atomic E-state index is 0.149. The summed E-state index contributed by atoms with van der Waals surface area (Å²) in [5.41, 5.74) is 2.07. The Bertz CT molecular complexity index is 631. The van der Waals surface area contributed by atoms with Gasteiger partial charge in [-0.3, -0.25) is 0 Å². The number of fused-ring (bicyclic) bond motifs is 1. The second-order valence-electron chi connectivity index (χ2n) is 4.65. The van der Waals surface area contributed by atoms with Crippen molar-refractivity contribution in [3.8, 4) is 5.75 Å². The first-order valence-electron chi connectivity index (χ1n) is 6.27. The van der Waals surface area contributed by atoms with E-state index in [1.807, 2.05) is 30.3 Å². The van der Waals surface area contributed by atoms with Crippen molar-refractivity contribution in [3.05, 3.63) is 56.5 Å². The molecular formula is C15H12BrCl2NO. The fourth-order valence-corrected chi connectivity index (χ4v) is 3.15. The van der Waals surface area contributed by atoms with Gasteiger partial charge in [-0.1, -0.05) is 39.1 Å². The van der Waals surface area contributed by atoms with Gasteiger partial charge < -0.3 is 10.1 Å². The van der Waals surface area contributed by atoms with E-state index in [9.17, 15) is 0 Å². The van der Waals surface area contributed by atoms with E-state index < -0.39 is 0 Å². The molecule has 0 radical (unpaired) electrons. The lowest BCUT2D eigenvalue weighted by molar-refractivity contribution is 0.274. The predicted molar refractivity (Wildman–Crippen MR) is 87.1 cm³/mol.